The van der Waals surface area contributed by atoms with Gasteiger partial charge in [-0.3, -0.25) is 4.79 Å². The van der Waals surface area contributed by atoms with Crippen LogP contribution in [-0.2, 0) is 24.1 Å². The zero-order valence-electron chi connectivity index (χ0n) is 12.5. The molecule has 0 aromatic heterocycles. The molecule has 1 fully saturated rings. The predicted molar refractivity (Wildman–Crippen MR) is 87.8 cm³/mol. The van der Waals surface area contributed by atoms with Crippen LogP contribution < -0.4 is 11.1 Å². The lowest BCUT2D eigenvalue weighted by Gasteiger charge is -2.28. The number of carbonyl (C=O) groups excluding carboxylic acids is 1. The Hall–Kier alpha value is -1.06. The van der Waals surface area contributed by atoms with Gasteiger partial charge >= 0.3 is 0 Å². The summed E-state index contributed by atoms with van der Waals surface area (Å²) in [5.41, 5.74) is 9.77. The molecular weight excluding hydrogens is 284 g/mol. The molecule has 2 aliphatic carbocycles. The van der Waals surface area contributed by atoms with E-state index >= 15 is 0 Å². The summed E-state index contributed by atoms with van der Waals surface area (Å²) in [7, 11) is 0. The second-order valence-corrected chi connectivity index (χ2v) is 6.37. The smallest absolute Gasteiger partial charge is 0.224 e. The Kier molecular flexibility index (Phi) is 5.28. The summed E-state index contributed by atoms with van der Waals surface area (Å²) in [5, 5.41) is 3.19. The molecule has 0 saturated heterocycles. The second-order valence-electron chi connectivity index (χ2n) is 6.37. The number of fused-ring (bicyclic) bond motifs is 1. The number of carbonyl (C=O) groups is 1. The Morgan fingerprint density at radius 2 is 1.86 bits per heavy atom. The van der Waals surface area contributed by atoms with Crippen LogP contribution in [0.4, 0.5) is 0 Å². The van der Waals surface area contributed by atoms with Gasteiger partial charge < -0.3 is 11.1 Å². The van der Waals surface area contributed by atoms with E-state index in [9.17, 15) is 4.79 Å². The van der Waals surface area contributed by atoms with E-state index in [1.807, 2.05) is 0 Å². The maximum atomic E-state index is 12.3. The number of halogens is 1. The molecule has 0 atom stereocenters. The number of benzene rings is 1. The van der Waals surface area contributed by atoms with Crippen molar-refractivity contribution in [3.63, 3.8) is 0 Å². The van der Waals surface area contributed by atoms with Crippen LogP contribution in [-0.4, -0.2) is 18.0 Å². The third kappa shape index (κ3) is 3.58. The SMILES string of the molecule is Cl.NCC1(NC(=O)Cc2ccc3c(c2)CCC3)CCCC1. The van der Waals surface area contributed by atoms with Crippen molar-refractivity contribution >= 4 is 18.3 Å². The van der Waals surface area contributed by atoms with Gasteiger partial charge in [-0.25, -0.2) is 0 Å². The number of nitrogens with one attached hydrogen (secondary N) is 1. The van der Waals surface area contributed by atoms with Gasteiger partial charge in [-0.05, 0) is 48.8 Å². The summed E-state index contributed by atoms with van der Waals surface area (Å²) in [6.45, 7) is 0.558. The zero-order valence-corrected chi connectivity index (χ0v) is 13.3. The summed E-state index contributed by atoms with van der Waals surface area (Å²) in [6, 6.07) is 6.51. The monoisotopic (exact) mass is 308 g/mol. The highest BCUT2D eigenvalue weighted by Gasteiger charge is 2.33. The highest BCUT2D eigenvalue weighted by molar-refractivity contribution is 5.85. The van der Waals surface area contributed by atoms with Crippen LogP contribution in [0.1, 0.15) is 48.8 Å². The number of aryl methyl sites for hydroxylation is 2. The number of nitrogens with two attached hydrogens (primary N) is 1. The molecule has 0 radical (unpaired) electrons. The molecule has 2 aliphatic rings. The van der Waals surface area contributed by atoms with Crippen LogP contribution in [0.3, 0.4) is 0 Å². The van der Waals surface area contributed by atoms with Crippen molar-refractivity contribution in [3.8, 4) is 0 Å². The molecule has 1 amide bonds. The average Bonchev–Trinajstić information content (AvgIpc) is 3.07. The fourth-order valence-electron chi connectivity index (χ4n) is 3.69. The van der Waals surface area contributed by atoms with E-state index in [4.69, 9.17) is 5.73 Å². The van der Waals surface area contributed by atoms with Crippen LogP contribution in [0.25, 0.3) is 0 Å². The van der Waals surface area contributed by atoms with E-state index in [0.29, 0.717) is 13.0 Å². The van der Waals surface area contributed by atoms with Crippen molar-refractivity contribution in [3.05, 3.63) is 34.9 Å². The number of rotatable bonds is 4. The van der Waals surface area contributed by atoms with E-state index in [2.05, 4.69) is 23.5 Å². The first-order chi connectivity index (χ1) is 9.71. The maximum Gasteiger partial charge on any atom is 0.224 e. The van der Waals surface area contributed by atoms with Crippen molar-refractivity contribution < 1.29 is 4.79 Å². The summed E-state index contributed by atoms with van der Waals surface area (Å²) in [5.74, 6) is 0.121. The van der Waals surface area contributed by atoms with Crippen molar-refractivity contribution in [1.29, 1.82) is 0 Å². The summed E-state index contributed by atoms with van der Waals surface area (Å²) in [4.78, 5) is 12.3. The zero-order chi connectivity index (χ0) is 14.0. The third-order valence-corrected chi connectivity index (χ3v) is 4.88. The minimum Gasteiger partial charge on any atom is -0.349 e. The molecule has 0 spiro atoms. The normalized spacial score (nSPS) is 18.9. The Bertz CT molecular complexity index is 510. The average molecular weight is 309 g/mol. The lowest BCUT2D eigenvalue weighted by Crippen LogP contribution is -2.52. The lowest BCUT2D eigenvalue weighted by atomic mass is 9.97. The first-order valence-corrected chi connectivity index (χ1v) is 7.83. The Morgan fingerprint density at radius 1 is 1.14 bits per heavy atom. The second kappa shape index (κ2) is 6.80. The van der Waals surface area contributed by atoms with E-state index < -0.39 is 0 Å². The van der Waals surface area contributed by atoms with E-state index in [0.717, 1.165) is 24.8 Å². The lowest BCUT2D eigenvalue weighted by molar-refractivity contribution is -0.122. The molecule has 3 N–H and O–H groups in total. The molecule has 1 saturated carbocycles. The number of amides is 1. The van der Waals surface area contributed by atoms with Crippen molar-refractivity contribution in [2.24, 2.45) is 5.73 Å². The minimum atomic E-state index is -0.131. The molecule has 116 valence electrons. The standard InChI is InChI=1S/C17H24N2O.ClH/c18-12-17(8-1-2-9-17)19-16(20)11-13-6-7-14-4-3-5-15(14)10-13;/h6-7,10H,1-5,8-9,11-12,18H2,(H,19,20);1H. The van der Waals surface area contributed by atoms with E-state index in [1.54, 1.807) is 0 Å². The van der Waals surface area contributed by atoms with Gasteiger partial charge in [0.05, 0.1) is 12.0 Å². The molecule has 0 heterocycles. The number of hydrogen-bond donors (Lipinski definition) is 2. The fourth-order valence-corrected chi connectivity index (χ4v) is 3.69. The van der Waals surface area contributed by atoms with Gasteiger partial charge in [0, 0.05) is 6.54 Å². The molecule has 1 aromatic carbocycles. The predicted octanol–water partition coefficient (Wildman–Crippen LogP) is 2.53. The third-order valence-electron chi connectivity index (χ3n) is 4.88. The molecule has 1 aromatic rings. The molecule has 4 heteroatoms. The van der Waals surface area contributed by atoms with Crippen molar-refractivity contribution in [1.82, 2.24) is 5.32 Å². The molecule has 0 unspecified atom stereocenters. The maximum absolute atomic E-state index is 12.3. The van der Waals surface area contributed by atoms with Gasteiger partial charge in [-0.1, -0.05) is 31.0 Å². The first-order valence-electron chi connectivity index (χ1n) is 7.83. The highest BCUT2D eigenvalue weighted by Crippen LogP contribution is 2.29. The van der Waals surface area contributed by atoms with Crippen LogP contribution in [0.5, 0.6) is 0 Å². The number of hydrogen-bond acceptors (Lipinski definition) is 2. The fraction of sp³-hybridized carbons (Fsp3) is 0.588. The van der Waals surface area contributed by atoms with Gasteiger partial charge in [0.25, 0.3) is 0 Å². The molecule has 3 nitrogen and oxygen atoms in total. The molecule has 0 bridgehead atoms. The quantitative estimate of drug-likeness (QED) is 0.898. The van der Waals surface area contributed by atoms with Gasteiger partial charge in [-0.15, -0.1) is 12.4 Å². The summed E-state index contributed by atoms with van der Waals surface area (Å²) >= 11 is 0. The molecular formula is C17H25ClN2O. The van der Waals surface area contributed by atoms with E-state index in [1.165, 1.54) is 36.8 Å². The van der Waals surface area contributed by atoms with Gasteiger partial charge in [-0.2, -0.15) is 0 Å². The Labute approximate surface area is 133 Å². The van der Waals surface area contributed by atoms with Crippen molar-refractivity contribution in [2.45, 2.75) is 56.9 Å². The largest absolute Gasteiger partial charge is 0.349 e. The van der Waals surface area contributed by atoms with Gasteiger partial charge in [0.15, 0.2) is 0 Å². The molecule has 21 heavy (non-hydrogen) atoms. The first kappa shape index (κ1) is 16.3. The summed E-state index contributed by atoms with van der Waals surface area (Å²) in [6.07, 6.45) is 8.50. The molecule has 3 rings (SSSR count). The topological polar surface area (TPSA) is 55.1 Å². The minimum absolute atomic E-state index is 0. The highest BCUT2D eigenvalue weighted by atomic mass is 35.5. The van der Waals surface area contributed by atoms with Crippen LogP contribution in [0, 0.1) is 0 Å². The Morgan fingerprint density at radius 3 is 2.57 bits per heavy atom. The Balaban J connectivity index is 0.00000161. The van der Waals surface area contributed by atoms with Crippen LogP contribution in [0.15, 0.2) is 18.2 Å². The van der Waals surface area contributed by atoms with Crippen LogP contribution >= 0.6 is 12.4 Å². The van der Waals surface area contributed by atoms with Crippen molar-refractivity contribution in [2.75, 3.05) is 6.54 Å². The van der Waals surface area contributed by atoms with E-state index in [-0.39, 0.29) is 23.9 Å². The van der Waals surface area contributed by atoms with Gasteiger partial charge in [0.1, 0.15) is 0 Å². The molecule has 0 aliphatic heterocycles. The van der Waals surface area contributed by atoms with Crippen LogP contribution in [0.2, 0.25) is 0 Å². The van der Waals surface area contributed by atoms with Gasteiger partial charge in [0.2, 0.25) is 5.91 Å². The summed E-state index contributed by atoms with van der Waals surface area (Å²) < 4.78 is 0.